The van der Waals surface area contributed by atoms with E-state index >= 15 is 0 Å². The normalized spacial score (nSPS) is 10.5. The zero-order chi connectivity index (χ0) is 15.4. The molecule has 0 amide bonds. The topological polar surface area (TPSA) is 51.4 Å². The van der Waals surface area contributed by atoms with E-state index in [1.807, 2.05) is 44.0 Å². The molecule has 21 heavy (non-hydrogen) atoms. The van der Waals surface area contributed by atoms with Gasteiger partial charge in [-0.25, -0.2) is 4.39 Å². The summed E-state index contributed by atoms with van der Waals surface area (Å²) < 4.78 is 19.0. The number of nitrogen functional groups attached to an aromatic ring is 1. The van der Waals surface area contributed by atoms with Gasteiger partial charge in [-0.1, -0.05) is 6.07 Å². The van der Waals surface area contributed by atoms with Crippen LogP contribution in [-0.2, 0) is 6.54 Å². The van der Waals surface area contributed by atoms with Gasteiger partial charge in [0.1, 0.15) is 0 Å². The molecule has 1 heterocycles. The SMILES string of the molecule is CCOc1cc(N(C)Cc2cccc(C)n2)c(N)cc1F. The Morgan fingerprint density at radius 3 is 2.76 bits per heavy atom. The van der Waals surface area contributed by atoms with E-state index in [0.717, 1.165) is 17.1 Å². The molecule has 2 N–H and O–H groups in total. The van der Waals surface area contributed by atoms with Crippen LogP contribution in [0.1, 0.15) is 18.3 Å². The van der Waals surface area contributed by atoms with Gasteiger partial charge in [0.2, 0.25) is 0 Å². The summed E-state index contributed by atoms with van der Waals surface area (Å²) in [5.41, 5.74) is 8.91. The molecule has 5 heteroatoms. The fraction of sp³-hybridized carbons (Fsp3) is 0.312. The van der Waals surface area contributed by atoms with Gasteiger partial charge in [-0.2, -0.15) is 0 Å². The van der Waals surface area contributed by atoms with E-state index in [4.69, 9.17) is 10.5 Å². The number of aryl methyl sites for hydroxylation is 1. The quantitative estimate of drug-likeness (QED) is 0.859. The van der Waals surface area contributed by atoms with Gasteiger partial charge in [0.15, 0.2) is 11.6 Å². The maximum atomic E-state index is 13.7. The number of hydrogen-bond acceptors (Lipinski definition) is 4. The third-order valence-corrected chi connectivity index (χ3v) is 3.14. The van der Waals surface area contributed by atoms with E-state index in [9.17, 15) is 4.39 Å². The lowest BCUT2D eigenvalue weighted by Crippen LogP contribution is -2.19. The van der Waals surface area contributed by atoms with Gasteiger partial charge in [-0.3, -0.25) is 4.98 Å². The predicted octanol–water partition coefficient (Wildman–Crippen LogP) is 3.15. The number of benzene rings is 1. The molecule has 0 spiro atoms. The van der Waals surface area contributed by atoms with Gasteiger partial charge in [-0.15, -0.1) is 0 Å². The summed E-state index contributed by atoms with van der Waals surface area (Å²) in [7, 11) is 1.89. The molecule has 4 nitrogen and oxygen atoms in total. The van der Waals surface area contributed by atoms with Gasteiger partial charge in [0.25, 0.3) is 0 Å². The fourth-order valence-electron chi connectivity index (χ4n) is 2.17. The number of hydrogen-bond donors (Lipinski definition) is 1. The standard InChI is InChI=1S/C16H20FN3O/c1-4-21-16-9-15(14(18)8-13(16)17)20(3)10-12-7-5-6-11(2)19-12/h5-9H,4,10,18H2,1-3H3. The van der Waals surface area contributed by atoms with Crippen molar-refractivity contribution in [1.29, 1.82) is 0 Å². The van der Waals surface area contributed by atoms with Crippen molar-refractivity contribution in [2.24, 2.45) is 0 Å². The van der Waals surface area contributed by atoms with E-state index < -0.39 is 5.82 Å². The second-order valence-electron chi connectivity index (χ2n) is 4.90. The number of rotatable bonds is 5. The molecule has 0 bridgehead atoms. The first-order valence-electron chi connectivity index (χ1n) is 6.86. The highest BCUT2D eigenvalue weighted by Gasteiger charge is 2.13. The molecule has 0 unspecified atom stereocenters. The van der Waals surface area contributed by atoms with Crippen molar-refractivity contribution in [2.45, 2.75) is 20.4 Å². The summed E-state index contributed by atoms with van der Waals surface area (Å²) in [5, 5.41) is 0. The van der Waals surface area contributed by atoms with Crippen LogP contribution in [0.25, 0.3) is 0 Å². The van der Waals surface area contributed by atoms with Crippen molar-refractivity contribution in [3.63, 3.8) is 0 Å². The Bertz CT molecular complexity index is 631. The maximum absolute atomic E-state index is 13.7. The minimum absolute atomic E-state index is 0.214. The van der Waals surface area contributed by atoms with Gasteiger partial charge in [0, 0.05) is 24.9 Å². The Morgan fingerprint density at radius 2 is 2.10 bits per heavy atom. The first-order valence-corrected chi connectivity index (χ1v) is 6.86. The lowest BCUT2D eigenvalue weighted by Gasteiger charge is -2.22. The van der Waals surface area contributed by atoms with Gasteiger partial charge in [0.05, 0.1) is 30.2 Å². The lowest BCUT2D eigenvalue weighted by atomic mass is 10.2. The molecule has 0 saturated heterocycles. The van der Waals surface area contributed by atoms with Crippen molar-refractivity contribution in [3.8, 4) is 5.75 Å². The maximum Gasteiger partial charge on any atom is 0.167 e. The Morgan fingerprint density at radius 1 is 1.33 bits per heavy atom. The molecule has 1 aromatic heterocycles. The Labute approximate surface area is 124 Å². The predicted molar refractivity (Wildman–Crippen MR) is 83.1 cm³/mol. The summed E-state index contributed by atoms with van der Waals surface area (Å²) in [6.07, 6.45) is 0. The van der Waals surface area contributed by atoms with E-state index in [-0.39, 0.29) is 5.75 Å². The molecule has 112 valence electrons. The Balaban J connectivity index is 2.26. The zero-order valence-corrected chi connectivity index (χ0v) is 12.6. The number of pyridine rings is 1. The summed E-state index contributed by atoms with van der Waals surface area (Å²) in [6, 6.07) is 8.78. The van der Waals surface area contributed by atoms with Gasteiger partial charge in [-0.05, 0) is 26.0 Å². The first-order chi connectivity index (χ1) is 10.0. The summed E-state index contributed by atoms with van der Waals surface area (Å²) >= 11 is 0. The van der Waals surface area contributed by atoms with Gasteiger partial charge >= 0.3 is 0 Å². The van der Waals surface area contributed by atoms with E-state index in [2.05, 4.69) is 4.98 Å². The highest BCUT2D eigenvalue weighted by atomic mass is 19.1. The number of nitrogens with zero attached hydrogens (tertiary/aromatic N) is 2. The Kier molecular flexibility index (Phi) is 4.62. The molecule has 0 aliphatic rings. The van der Waals surface area contributed by atoms with E-state index in [1.165, 1.54) is 6.07 Å². The van der Waals surface area contributed by atoms with Crippen LogP contribution in [0.3, 0.4) is 0 Å². The number of aromatic nitrogens is 1. The molecule has 2 aromatic rings. The van der Waals surface area contributed by atoms with Crippen molar-refractivity contribution >= 4 is 11.4 Å². The monoisotopic (exact) mass is 289 g/mol. The number of anilines is 2. The highest BCUT2D eigenvalue weighted by molar-refractivity contribution is 5.69. The molecule has 0 fully saturated rings. The Hall–Kier alpha value is -2.30. The second-order valence-corrected chi connectivity index (χ2v) is 4.90. The molecule has 0 aliphatic carbocycles. The summed E-state index contributed by atoms with van der Waals surface area (Å²) in [5.74, 6) is -0.231. The van der Waals surface area contributed by atoms with Crippen LogP contribution in [-0.4, -0.2) is 18.6 Å². The van der Waals surface area contributed by atoms with E-state index in [1.54, 1.807) is 6.07 Å². The molecule has 0 saturated carbocycles. The highest BCUT2D eigenvalue weighted by Crippen LogP contribution is 2.31. The van der Waals surface area contributed by atoms with Crippen LogP contribution in [0.4, 0.5) is 15.8 Å². The van der Waals surface area contributed by atoms with Crippen molar-refractivity contribution < 1.29 is 9.13 Å². The van der Waals surface area contributed by atoms with Crippen LogP contribution >= 0.6 is 0 Å². The molecular formula is C16H20FN3O. The smallest absolute Gasteiger partial charge is 0.167 e. The third kappa shape index (κ3) is 3.62. The van der Waals surface area contributed by atoms with Crippen molar-refractivity contribution in [3.05, 3.63) is 47.5 Å². The molecule has 1 aromatic carbocycles. The van der Waals surface area contributed by atoms with Crippen LogP contribution in [0, 0.1) is 12.7 Å². The van der Waals surface area contributed by atoms with Crippen LogP contribution in [0.5, 0.6) is 5.75 Å². The minimum atomic E-state index is -0.444. The molecule has 2 rings (SSSR count). The zero-order valence-electron chi connectivity index (χ0n) is 12.6. The lowest BCUT2D eigenvalue weighted by molar-refractivity contribution is 0.322. The molecule has 0 aliphatic heterocycles. The number of halogens is 1. The largest absolute Gasteiger partial charge is 0.491 e. The van der Waals surface area contributed by atoms with Crippen LogP contribution in [0.2, 0.25) is 0 Å². The minimum Gasteiger partial charge on any atom is -0.491 e. The molecule has 0 atom stereocenters. The third-order valence-electron chi connectivity index (χ3n) is 3.14. The first kappa shape index (κ1) is 15.1. The number of ether oxygens (including phenoxy) is 1. The molecular weight excluding hydrogens is 269 g/mol. The van der Waals surface area contributed by atoms with Crippen molar-refractivity contribution in [2.75, 3.05) is 24.3 Å². The summed E-state index contributed by atoms with van der Waals surface area (Å²) in [4.78, 5) is 6.39. The fourth-order valence-corrected chi connectivity index (χ4v) is 2.17. The average Bonchev–Trinajstić information content (AvgIpc) is 2.41. The van der Waals surface area contributed by atoms with Crippen molar-refractivity contribution in [1.82, 2.24) is 4.98 Å². The molecule has 0 radical (unpaired) electrons. The van der Waals surface area contributed by atoms with E-state index in [0.29, 0.717) is 18.8 Å². The summed E-state index contributed by atoms with van der Waals surface area (Å²) in [6.45, 7) is 4.76. The van der Waals surface area contributed by atoms with Gasteiger partial charge < -0.3 is 15.4 Å². The van der Waals surface area contributed by atoms with Crippen LogP contribution in [0.15, 0.2) is 30.3 Å². The van der Waals surface area contributed by atoms with Crippen LogP contribution < -0.4 is 15.4 Å². The number of nitrogens with two attached hydrogens (primary N) is 1. The second kappa shape index (κ2) is 6.43. The average molecular weight is 289 g/mol.